The van der Waals surface area contributed by atoms with Crippen molar-refractivity contribution >= 4 is 11.5 Å². The first-order valence-electron chi connectivity index (χ1n) is 8.82. The number of carbonyl (C=O) groups excluding carboxylic acids is 1. The lowest BCUT2D eigenvalue weighted by Crippen LogP contribution is -2.16. The summed E-state index contributed by atoms with van der Waals surface area (Å²) in [5.74, 6) is 1.68. The Kier molecular flexibility index (Phi) is 6.10. The van der Waals surface area contributed by atoms with Crippen LogP contribution < -0.4 is 14.8 Å². The molecule has 1 atom stereocenters. The predicted octanol–water partition coefficient (Wildman–Crippen LogP) is 5.13. The molecular formula is C23H23NO3. The molecule has 0 aliphatic carbocycles. The Morgan fingerprint density at radius 2 is 1.37 bits per heavy atom. The Morgan fingerprint density at radius 1 is 0.815 bits per heavy atom. The molecule has 0 aromatic heterocycles. The van der Waals surface area contributed by atoms with Gasteiger partial charge >= 0.3 is 0 Å². The number of hydrogen-bond donors (Lipinski definition) is 1. The molecule has 0 aliphatic heterocycles. The number of carbonyl (C=O) groups is 1. The van der Waals surface area contributed by atoms with E-state index in [1.54, 1.807) is 14.2 Å². The highest BCUT2D eigenvalue weighted by atomic mass is 16.5. The van der Waals surface area contributed by atoms with Crippen LogP contribution in [-0.2, 0) is 0 Å². The first-order valence-corrected chi connectivity index (χ1v) is 8.82. The molecule has 0 radical (unpaired) electrons. The van der Waals surface area contributed by atoms with E-state index in [2.05, 4.69) is 5.32 Å². The van der Waals surface area contributed by atoms with E-state index < -0.39 is 0 Å². The molecule has 138 valence electrons. The van der Waals surface area contributed by atoms with Crippen molar-refractivity contribution in [1.29, 1.82) is 0 Å². The minimum atomic E-state index is -0.156. The number of rotatable bonds is 8. The lowest BCUT2D eigenvalue weighted by Gasteiger charge is -2.20. The summed E-state index contributed by atoms with van der Waals surface area (Å²) in [6.45, 7) is 0. The van der Waals surface area contributed by atoms with Gasteiger partial charge in [0, 0.05) is 17.7 Å². The minimum Gasteiger partial charge on any atom is -0.497 e. The van der Waals surface area contributed by atoms with Gasteiger partial charge in [0.2, 0.25) is 0 Å². The second-order valence-electron chi connectivity index (χ2n) is 6.19. The van der Waals surface area contributed by atoms with Crippen LogP contribution in [0.25, 0.3) is 0 Å². The first-order chi connectivity index (χ1) is 13.2. The van der Waals surface area contributed by atoms with Crippen molar-refractivity contribution in [2.45, 2.75) is 12.5 Å². The number of Topliss-reactive ketones (excluding diaryl/α,β-unsaturated/α-hetero) is 1. The van der Waals surface area contributed by atoms with Crippen LogP contribution in [0.3, 0.4) is 0 Å². The van der Waals surface area contributed by atoms with Crippen molar-refractivity contribution in [3.63, 3.8) is 0 Å². The fourth-order valence-corrected chi connectivity index (χ4v) is 2.90. The highest BCUT2D eigenvalue weighted by molar-refractivity contribution is 5.96. The number of ketones is 1. The van der Waals surface area contributed by atoms with Crippen LogP contribution in [0.1, 0.15) is 28.4 Å². The lowest BCUT2D eigenvalue weighted by molar-refractivity contribution is 0.0976. The monoisotopic (exact) mass is 361 g/mol. The van der Waals surface area contributed by atoms with Gasteiger partial charge < -0.3 is 14.8 Å². The molecule has 4 nitrogen and oxygen atoms in total. The molecule has 0 heterocycles. The van der Waals surface area contributed by atoms with Gasteiger partial charge in [-0.15, -0.1) is 0 Å². The first kappa shape index (κ1) is 18.5. The van der Waals surface area contributed by atoms with Crippen LogP contribution >= 0.6 is 0 Å². The van der Waals surface area contributed by atoms with E-state index in [4.69, 9.17) is 9.47 Å². The fraction of sp³-hybridized carbons (Fsp3) is 0.174. The summed E-state index contributed by atoms with van der Waals surface area (Å²) in [4.78, 5) is 12.8. The van der Waals surface area contributed by atoms with E-state index in [9.17, 15) is 4.79 Å². The van der Waals surface area contributed by atoms with Crippen molar-refractivity contribution in [2.75, 3.05) is 19.5 Å². The highest BCUT2D eigenvalue weighted by Crippen LogP contribution is 2.27. The molecule has 27 heavy (non-hydrogen) atoms. The molecule has 1 N–H and O–H groups in total. The molecule has 4 heteroatoms. The van der Waals surface area contributed by atoms with Crippen LogP contribution in [-0.4, -0.2) is 20.0 Å². The van der Waals surface area contributed by atoms with Gasteiger partial charge in [0.05, 0.1) is 20.3 Å². The number of benzene rings is 3. The average Bonchev–Trinajstić information content (AvgIpc) is 2.74. The molecule has 3 rings (SSSR count). The Balaban J connectivity index is 1.83. The Morgan fingerprint density at radius 3 is 1.93 bits per heavy atom. The van der Waals surface area contributed by atoms with E-state index in [-0.39, 0.29) is 11.8 Å². The zero-order valence-electron chi connectivity index (χ0n) is 15.5. The summed E-state index contributed by atoms with van der Waals surface area (Å²) in [5, 5.41) is 3.47. The minimum absolute atomic E-state index is 0.0948. The van der Waals surface area contributed by atoms with E-state index >= 15 is 0 Å². The van der Waals surface area contributed by atoms with E-state index in [0.717, 1.165) is 22.7 Å². The van der Waals surface area contributed by atoms with E-state index in [1.165, 1.54) is 0 Å². The van der Waals surface area contributed by atoms with Gasteiger partial charge in [-0.2, -0.15) is 0 Å². The molecule has 0 saturated heterocycles. The summed E-state index contributed by atoms with van der Waals surface area (Å²) < 4.78 is 10.5. The maximum atomic E-state index is 12.8. The van der Waals surface area contributed by atoms with E-state index in [1.807, 2.05) is 78.9 Å². The SMILES string of the molecule is COc1ccc(NC(CC(=O)c2ccccc2)c2ccc(OC)cc2)cc1. The second-order valence-corrected chi connectivity index (χ2v) is 6.19. The van der Waals surface area contributed by atoms with Gasteiger partial charge in [0.15, 0.2) is 5.78 Å². The molecule has 0 bridgehead atoms. The van der Waals surface area contributed by atoms with Crippen LogP contribution in [0.4, 0.5) is 5.69 Å². The van der Waals surface area contributed by atoms with Crippen LogP contribution in [0, 0.1) is 0 Å². The zero-order chi connectivity index (χ0) is 19.1. The highest BCUT2D eigenvalue weighted by Gasteiger charge is 2.17. The average molecular weight is 361 g/mol. The summed E-state index contributed by atoms with van der Waals surface area (Å²) in [6, 6.07) is 24.7. The Labute approximate surface area is 159 Å². The summed E-state index contributed by atoms with van der Waals surface area (Å²) >= 11 is 0. The molecule has 0 fully saturated rings. The topological polar surface area (TPSA) is 47.6 Å². The number of ether oxygens (including phenoxy) is 2. The van der Waals surface area contributed by atoms with Crippen LogP contribution in [0.2, 0.25) is 0 Å². The smallest absolute Gasteiger partial charge is 0.165 e. The molecule has 0 saturated carbocycles. The normalized spacial score (nSPS) is 11.5. The number of anilines is 1. The summed E-state index contributed by atoms with van der Waals surface area (Å²) in [6.07, 6.45) is 0.350. The molecule has 3 aromatic carbocycles. The van der Waals surface area contributed by atoms with Crippen molar-refractivity contribution in [3.05, 3.63) is 90.0 Å². The van der Waals surface area contributed by atoms with Gasteiger partial charge in [-0.25, -0.2) is 0 Å². The zero-order valence-corrected chi connectivity index (χ0v) is 15.5. The van der Waals surface area contributed by atoms with Gasteiger partial charge in [-0.1, -0.05) is 42.5 Å². The quantitative estimate of drug-likeness (QED) is 0.565. The third-order valence-electron chi connectivity index (χ3n) is 4.43. The van der Waals surface area contributed by atoms with Gasteiger partial charge in [-0.05, 0) is 42.0 Å². The number of methoxy groups -OCH3 is 2. The predicted molar refractivity (Wildman–Crippen MR) is 108 cm³/mol. The van der Waals surface area contributed by atoms with Crippen LogP contribution in [0.5, 0.6) is 11.5 Å². The summed E-state index contributed by atoms with van der Waals surface area (Å²) in [7, 11) is 3.28. The third kappa shape index (κ3) is 4.88. The van der Waals surface area contributed by atoms with E-state index in [0.29, 0.717) is 12.0 Å². The largest absolute Gasteiger partial charge is 0.497 e. The molecule has 0 aliphatic rings. The maximum absolute atomic E-state index is 12.8. The van der Waals surface area contributed by atoms with Crippen molar-refractivity contribution in [3.8, 4) is 11.5 Å². The lowest BCUT2D eigenvalue weighted by atomic mass is 9.97. The Bertz CT molecular complexity index is 858. The van der Waals surface area contributed by atoms with Gasteiger partial charge in [0.1, 0.15) is 11.5 Å². The van der Waals surface area contributed by atoms with Crippen molar-refractivity contribution < 1.29 is 14.3 Å². The third-order valence-corrected chi connectivity index (χ3v) is 4.43. The fourth-order valence-electron chi connectivity index (χ4n) is 2.90. The number of nitrogens with one attached hydrogen (secondary N) is 1. The van der Waals surface area contributed by atoms with Gasteiger partial charge in [0.25, 0.3) is 0 Å². The van der Waals surface area contributed by atoms with Crippen molar-refractivity contribution in [1.82, 2.24) is 0 Å². The molecule has 0 spiro atoms. The van der Waals surface area contributed by atoms with Crippen molar-refractivity contribution in [2.24, 2.45) is 0 Å². The number of hydrogen-bond acceptors (Lipinski definition) is 4. The second kappa shape index (κ2) is 8.90. The summed E-state index contributed by atoms with van der Waals surface area (Å²) in [5.41, 5.74) is 2.67. The molecule has 3 aromatic rings. The molecule has 1 unspecified atom stereocenters. The molecule has 0 amide bonds. The Hall–Kier alpha value is -3.27. The molecular weight excluding hydrogens is 338 g/mol. The van der Waals surface area contributed by atoms with Gasteiger partial charge in [-0.3, -0.25) is 4.79 Å². The van der Waals surface area contributed by atoms with Crippen LogP contribution in [0.15, 0.2) is 78.9 Å². The standard InChI is InChI=1S/C23H23NO3/c1-26-20-12-8-17(9-13-20)22(16-23(25)18-6-4-3-5-7-18)24-19-10-14-21(27-2)15-11-19/h3-15,22,24H,16H2,1-2H3. The maximum Gasteiger partial charge on any atom is 0.165 e.